The predicted octanol–water partition coefficient (Wildman–Crippen LogP) is 7.37. The number of nitrogens with zero attached hydrogens (tertiary/aromatic N) is 6. The number of nitrogens with two attached hydrogens (primary N) is 1. The van der Waals surface area contributed by atoms with Gasteiger partial charge in [0.15, 0.2) is 22.3 Å². The highest BCUT2D eigenvalue weighted by molar-refractivity contribution is 7.92. The summed E-state index contributed by atoms with van der Waals surface area (Å²) < 4.78 is 201. The zero-order valence-corrected chi connectivity index (χ0v) is 41.2. The fourth-order valence-corrected chi connectivity index (χ4v) is 9.14. The van der Waals surface area contributed by atoms with Gasteiger partial charge in [-0.3, -0.25) is 23.2 Å². The molecule has 2 aliphatic rings. The minimum Gasteiger partial charge on any atom is -0.759 e. The number of carbonyl (C=O) groups is 2. The summed E-state index contributed by atoms with van der Waals surface area (Å²) in [6.07, 6.45) is -10.3. The number of alkyl halides is 8. The molecule has 5 aromatic rings. The molecule has 5 atom stereocenters. The monoisotopic (exact) mass is 1100 g/mol. The highest BCUT2D eigenvalue weighted by atomic mass is 35.5. The number of sulfone groups is 1. The van der Waals surface area contributed by atoms with Crippen molar-refractivity contribution in [3.05, 3.63) is 98.7 Å². The number of esters is 1. The molecular weight excluding hydrogens is 1050 g/mol. The molecule has 1 saturated carbocycles. The van der Waals surface area contributed by atoms with E-state index in [1.165, 1.54) is 38.1 Å². The van der Waals surface area contributed by atoms with Gasteiger partial charge in [-0.15, -0.1) is 0 Å². The zero-order chi connectivity index (χ0) is 54.1. The van der Waals surface area contributed by atoms with Crippen molar-refractivity contribution in [2.45, 2.75) is 101 Å². The van der Waals surface area contributed by atoms with E-state index in [0.717, 1.165) is 18.4 Å². The summed E-state index contributed by atoms with van der Waals surface area (Å²) in [5.74, 6) is -6.38. The summed E-state index contributed by atoms with van der Waals surface area (Å²) in [7, 11) is -3.89. The van der Waals surface area contributed by atoms with Gasteiger partial charge >= 0.3 is 18.3 Å². The van der Waals surface area contributed by atoms with Crippen molar-refractivity contribution in [3.8, 4) is 23.0 Å². The number of rotatable bonds is 16. The van der Waals surface area contributed by atoms with Crippen LogP contribution in [0, 0.1) is 35.3 Å². The van der Waals surface area contributed by atoms with Gasteiger partial charge < -0.3 is 20.3 Å². The fourth-order valence-electron chi connectivity index (χ4n) is 8.27. The van der Waals surface area contributed by atoms with Gasteiger partial charge in [0, 0.05) is 51.6 Å². The molecule has 28 heteroatoms. The van der Waals surface area contributed by atoms with Crippen molar-refractivity contribution in [1.29, 1.82) is 0 Å². The third kappa shape index (κ3) is 11.7. The maximum absolute atomic E-state index is 15.6. The van der Waals surface area contributed by atoms with E-state index in [0.29, 0.717) is 15.1 Å². The van der Waals surface area contributed by atoms with Crippen LogP contribution >= 0.6 is 11.6 Å². The molecule has 0 radical (unpaired) electrons. The summed E-state index contributed by atoms with van der Waals surface area (Å²) in [5.41, 5.74) is 0.0538. The molecule has 7 rings (SSSR count). The van der Waals surface area contributed by atoms with E-state index in [4.69, 9.17) is 22.1 Å². The van der Waals surface area contributed by atoms with Crippen molar-refractivity contribution in [3.63, 3.8) is 0 Å². The number of amides is 1. The second kappa shape index (κ2) is 19.9. The molecule has 3 N–H and O–H groups in total. The summed E-state index contributed by atoms with van der Waals surface area (Å²) in [6.45, 7) is 0.695. The number of ether oxygens (including phenoxy) is 1. The van der Waals surface area contributed by atoms with E-state index in [9.17, 15) is 61.9 Å². The Morgan fingerprint density at radius 2 is 1.68 bits per heavy atom. The Morgan fingerprint density at radius 1 is 1.04 bits per heavy atom. The number of fused-ring (bicyclic) bond motifs is 4. The van der Waals surface area contributed by atoms with Gasteiger partial charge in [0.05, 0.1) is 34.5 Å². The predicted molar refractivity (Wildman–Crippen MR) is 241 cm³/mol. The number of pyridine rings is 1. The summed E-state index contributed by atoms with van der Waals surface area (Å²) in [5, 5.41) is 9.33. The average Bonchev–Trinajstić information content (AvgIpc) is 3.78. The highest BCUT2D eigenvalue weighted by Crippen LogP contribution is 2.68. The van der Waals surface area contributed by atoms with Gasteiger partial charge in [-0.1, -0.05) is 37.4 Å². The first kappa shape index (κ1) is 55.1. The molecule has 2 aromatic carbocycles. The second-order valence-electron chi connectivity index (χ2n) is 18.4. The van der Waals surface area contributed by atoms with Crippen LogP contribution in [0.2, 0.25) is 5.02 Å². The van der Waals surface area contributed by atoms with Gasteiger partial charge in [-0.2, -0.15) is 49.6 Å². The van der Waals surface area contributed by atoms with Crippen molar-refractivity contribution >= 4 is 55.5 Å². The summed E-state index contributed by atoms with van der Waals surface area (Å²) in [6, 6.07) is 3.97. The van der Waals surface area contributed by atoms with Crippen LogP contribution < -0.4 is 11.1 Å². The van der Waals surface area contributed by atoms with E-state index >= 15 is 8.78 Å². The zero-order valence-electron chi connectivity index (χ0n) is 38.8. The molecule has 2 aliphatic carbocycles. The highest BCUT2D eigenvalue weighted by Gasteiger charge is 2.68. The third-order valence-corrected chi connectivity index (χ3v) is 15.2. The molecule has 0 bridgehead atoms. The van der Waals surface area contributed by atoms with Crippen LogP contribution in [0.5, 0.6) is 0 Å². The minimum absolute atomic E-state index is 0.208. The quantitative estimate of drug-likeness (QED) is 0.0328. The van der Waals surface area contributed by atoms with Gasteiger partial charge in [0.1, 0.15) is 46.9 Å². The van der Waals surface area contributed by atoms with Crippen LogP contribution in [0.3, 0.4) is 0 Å². The summed E-state index contributed by atoms with van der Waals surface area (Å²) >= 11 is 3.42. The van der Waals surface area contributed by atoms with Crippen LogP contribution in [0.1, 0.15) is 85.7 Å². The Hall–Kier alpha value is -5.66. The van der Waals surface area contributed by atoms with Crippen molar-refractivity contribution in [2.75, 3.05) is 13.0 Å². The van der Waals surface area contributed by atoms with E-state index < -0.39 is 164 Å². The lowest BCUT2D eigenvalue weighted by atomic mass is 9.93. The maximum Gasteiger partial charge on any atom is 0.435 e. The molecule has 0 aliphatic heterocycles. The normalized spacial score (nSPS) is 17.8. The number of nitrogens with one attached hydrogen (secondary N) is 1. The van der Waals surface area contributed by atoms with Crippen molar-refractivity contribution in [2.24, 2.45) is 17.6 Å². The van der Waals surface area contributed by atoms with E-state index in [2.05, 4.69) is 32.3 Å². The Balaban J connectivity index is 1.43. The standard InChI is InChI=1S/C45H43ClF10N8O7S2/c1-21(2)36(57)41(66)71-20-62(72(67)68)17-32-35-30(46)9-8-27(38(35)64(60-32)19-43(49,50)51)26-7-6-25(10-11-42(3,4)73(5,69)70)58-37(26)31(14-22-12-23(47)15-24(48)13-22)59-33(65)18-63-40-34(39(61-63)45(54,55)56)28-16-29(28)44(40,52)53/h6-9,12-13,15,21,28-29,31,36H,14,16-20,57H2,1-5H3,(H,59,65)(H,67,68)/p-1/t28-,29+,31?,36?/m0/s1. The Kier molecular flexibility index (Phi) is 15.0. The molecule has 394 valence electrons. The molecule has 1 amide bonds. The number of aromatic nitrogens is 5. The number of benzene rings is 2. The SMILES string of the molecule is CC(C)C(N)C(=O)OCN(Cc1nn(CC(F)(F)F)c2c(-c3ccc(C#CC(C)(C)S(C)(=O)=O)nc3C(Cc3cc(F)cc(F)c3)NC(=O)Cn3nc(C(F)(F)F)c4c3C(F)(F)[C@@H]3C[C@H]43)ccc(Cl)c12)S(=O)[O-]. The van der Waals surface area contributed by atoms with Gasteiger partial charge in [0.2, 0.25) is 5.91 Å². The Bertz CT molecular complexity index is 3200. The van der Waals surface area contributed by atoms with Gasteiger partial charge in [0.25, 0.3) is 5.92 Å². The summed E-state index contributed by atoms with van der Waals surface area (Å²) in [4.78, 5) is 31.3. The Morgan fingerprint density at radius 3 is 2.27 bits per heavy atom. The largest absolute Gasteiger partial charge is 0.759 e. The Labute approximate surface area is 417 Å². The molecule has 73 heavy (non-hydrogen) atoms. The molecule has 1 fully saturated rings. The first-order valence-corrected chi connectivity index (χ1v) is 25.0. The molecule has 15 nitrogen and oxygen atoms in total. The van der Waals surface area contributed by atoms with Crippen LogP contribution in [0.25, 0.3) is 22.0 Å². The van der Waals surface area contributed by atoms with Gasteiger partial charge in [-0.05, 0) is 80.3 Å². The second-order valence-corrected chi connectivity index (χ2v) is 22.3. The maximum atomic E-state index is 15.6. The van der Waals surface area contributed by atoms with Crippen molar-refractivity contribution < 1.29 is 75.4 Å². The van der Waals surface area contributed by atoms with Gasteiger partial charge in [-0.25, -0.2) is 22.2 Å². The lowest BCUT2D eigenvalue weighted by molar-refractivity contribution is -0.149. The van der Waals surface area contributed by atoms with Crippen LogP contribution in [0.4, 0.5) is 43.9 Å². The van der Waals surface area contributed by atoms with E-state index in [1.807, 2.05) is 0 Å². The smallest absolute Gasteiger partial charge is 0.435 e. The molecule has 3 aromatic heterocycles. The minimum atomic E-state index is -5.21. The van der Waals surface area contributed by atoms with Crippen molar-refractivity contribution in [1.82, 2.24) is 34.2 Å². The lowest BCUT2D eigenvalue weighted by Crippen LogP contribution is -2.39. The molecule has 3 unspecified atom stereocenters. The van der Waals surface area contributed by atoms with Crippen LogP contribution in [0.15, 0.2) is 42.5 Å². The third-order valence-electron chi connectivity index (χ3n) is 12.3. The fraction of sp³-hybridized carbons (Fsp3) is 0.444. The molecular formula is C45H42ClF10N8O7S2-. The first-order valence-electron chi connectivity index (χ1n) is 21.7. The van der Waals surface area contributed by atoms with E-state index in [1.54, 1.807) is 13.8 Å². The molecule has 3 heterocycles. The molecule has 0 saturated heterocycles. The number of hydrogen-bond acceptors (Lipinski definition) is 11. The number of hydrogen-bond donors (Lipinski definition) is 2. The number of carbonyl (C=O) groups excluding carboxylic acids is 2. The topological polar surface area (TPSA) is 207 Å². The average molecular weight is 1100 g/mol. The van der Waals surface area contributed by atoms with E-state index in [-0.39, 0.29) is 43.9 Å². The number of halogens is 11. The molecule has 0 spiro atoms. The lowest BCUT2D eigenvalue weighted by Gasteiger charge is -2.24. The van der Waals surface area contributed by atoms with Crippen LogP contribution in [-0.2, 0) is 73.6 Å². The first-order chi connectivity index (χ1) is 33.7. The van der Waals surface area contributed by atoms with Crippen LogP contribution in [-0.4, -0.2) is 87.9 Å².